The summed E-state index contributed by atoms with van der Waals surface area (Å²) in [4.78, 5) is 16.9. The third-order valence-electron chi connectivity index (χ3n) is 4.82. The van der Waals surface area contributed by atoms with Crippen molar-refractivity contribution in [1.82, 2.24) is 14.9 Å². The highest BCUT2D eigenvalue weighted by molar-refractivity contribution is 5.79. The van der Waals surface area contributed by atoms with E-state index >= 15 is 0 Å². The van der Waals surface area contributed by atoms with Gasteiger partial charge in [0.15, 0.2) is 0 Å². The molecule has 0 spiro atoms. The smallest absolute Gasteiger partial charge is 0.224 e. The zero-order valence-electron chi connectivity index (χ0n) is 12.3. The van der Waals surface area contributed by atoms with Gasteiger partial charge in [-0.2, -0.15) is 0 Å². The second-order valence-corrected chi connectivity index (χ2v) is 6.18. The van der Waals surface area contributed by atoms with Crippen molar-refractivity contribution in [2.75, 3.05) is 0 Å². The maximum Gasteiger partial charge on any atom is 0.224 e. The summed E-state index contributed by atoms with van der Waals surface area (Å²) in [5.41, 5.74) is 2.17. The van der Waals surface area contributed by atoms with Gasteiger partial charge in [0.25, 0.3) is 0 Å². The van der Waals surface area contributed by atoms with E-state index in [1.54, 1.807) is 6.20 Å². The Morgan fingerprint density at radius 1 is 1.32 bits per heavy atom. The van der Waals surface area contributed by atoms with Crippen LogP contribution >= 0.6 is 0 Å². The Hall–Kier alpha value is -2.14. The van der Waals surface area contributed by atoms with Crippen LogP contribution < -0.4 is 5.32 Å². The Morgan fingerprint density at radius 2 is 2.18 bits per heavy atom. The predicted molar refractivity (Wildman–Crippen MR) is 81.1 cm³/mol. The van der Waals surface area contributed by atoms with E-state index in [1.165, 1.54) is 0 Å². The van der Waals surface area contributed by atoms with E-state index < -0.39 is 6.10 Å². The number of nitrogens with zero attached hydrogens (tertiary/aromatic N) is 2. The van der Waals surface area contributed by atoms with Gasteiger partial charge in [0.2, 0.25) is 5.91 Å². The summed E-state index contributed by atoms with van der Waals surface area (Å²) in [6.45, 7) is 0.831. The second-order valence-electron chi connectivity index (χ2n) is 6.18. The van der Waals surface area contributed by atoms with Crippen LogP contribution in [0.5, 0.6) is 0 Å². The summed E-state index contributed by atoms with van der Waals surface area (Å²) >= 11 is 0. The molecule has 1 aliphatic heterocycles. The highest BCUT2D eigenvalue weighted by Crippen LogP contribution is 2.32. The van der Waals surface area contributed by atoms with E-state index in [0.717, 1.165) is 29.9 Å². The van der Waals surface area contributed by atoms with Crippen molar-refractivity contribution in [2.24, 2.45) is 5.92 Å². The summed E-state index contributed by atoms with van der Waals surface area (Å²) < 4.78 is 2.10. The van der Waals surface area contributed by atoms with Crippen LogP contribution in [-0.4, -0.2) is 26.7 Å². The monoisotopic (exact) mass is 297 g/mol. The number of imidazole rings is 1. The average Bonchev–Trinajstić information content (AvgIpc) is 3.11. The number of hydrogen-bond acceptors (Lipinski definition) is 3. The zero-order valence-corrected chi connectivity index (χ0v) is 12.3. The van der Waals surface area contributed by atoms with Gasteiger partial charge in [-0.25, -0.2) is 4.98 Å². The van der Waals surface area contributed by atoms with E-state index in [-0.39, 0.29) is 17.9 Å². The maximum absolute atomic E-state index is 12.6. The summed E-state index contributed by atoms with van der Waals surface area (Å²) in [5.74, 6) is 0.934. The van der Waals surface area contributed by atoms with Crippen LogP contribution in [-0.2, 0) is 24.2 Å². The van der Waals surface area contributed by atoms with Gasteiger partial charge in [-0.1, -0.05) is 24.3 Å². The molecule has 2 N–H and O–H groups in total. The first-order valence-electron chi connectivity index (χ1n) is 7.78. The number of aliphatic hydroxyl groups is 1. The Morgan fingerprint density at radius 3 is 3.09 bits per heavy atom. The van der Waals surface area contributed by atoms with Gasteiger partial charge in [-0.3, -0.25) is 4.79 Å². The lowest BCUT2D eigenvalue weighted by atomic mass is 9.96. The minimum atomic E-state index is -0.535. The topological polar surface area (TPSA) is 67.2 Å². The minimum Gasteiger partial charge on any atom is -0.390 e. The molecule has 5 nitrogen and oxygen atoms in total. The van der Waals surface area contributed by atoms with Crippen LogP contribution in [0.3, 0.4) is 0 Å². The molecule has 0 saturated carbocycles. The summed E-state index contributed by atoms with van der Waals surface area (Å²) in [6, 6.07) is 7.64. The molecule has 2 heterocycles. The average molecular weight is 297 g/mol. The van der Waals surface area contributed by atoms with Crippen molar-refractivity contribution in [1.29, 1.82) is 0 Å². The maximum atomic E-state index is 12.6. The van der Waals surface area contributed by atoms with E-state index in [1.807, 2.05) is 30.5 Å². The van der Waals surface area contributed by atoms with Crippen LogP contribution in [0.1, 0.15) is 29.4 Å². The molecule has 4 rings (SSSR count). The van der Waals surface area contributed by atoms with Crippen molar-refractivity contribution in [3.05, 3.63) is 53.6 Å². The number of nitrogens with one attached hydrogen (secondary N) is 1. The second kappa shape index (κ2) is 5.25. The molecule has 0 saturated heterocycles. The quantitative estimate of drug-likeness (QED) is 0.876. The largest absolute Gasteiger partial charge is 0.390 e. The lowest BCUT2D eigenvalue weighted by Gasteiger charge is -2.25. The van der Waals surface area contributed by atoms with E-state index in [0.29, 0.717) is 12.8 Å². The van der Waals surface area contributed by atoms with E-state index in [9.17, 15) is 9.90 Å². The number of aliphatic hydroxyl groups excluding tert-OH is 1. The lowest BCUT2D eigenvalue weighted by Crippen LogP contribution is -2.40. The third-order valence-corrected chi connectivity index (χ3v) is 4.82. The molecule has 0 bridgehead atoms. The molecular weight excluding hydrogens is 278 g/mol. The van der Waals surface area contributed by atoms with Gasteiger partial charge in [0, 0.05) is 37.7 Å². The summed E-state index contributed by atoms with van der Waals surface area (Å²) in [5, 5.41) is 13.3. The number of rotatable bonds is 2. The molecule has 3 atom stereocenters. The summed E-state index contributed by atoms with van der Waals surface area (Å²) in [6.07, 6.45) is 5.30. The molecule has 1 aromatic heterocycles. The van der Waals surface area contributed by atoms with Gasteiger partial charge >= 0.3 is 0 Å². The predicted octanol–water partition coefficient (Wildman–Crippen LogP) is 1.22. The number of fused-ring (bicyclic) bond motifs is 2. The molecule has 5 heteroatoms. The molecule has 22 heavy (non-hydrogen) atoms. The molecule has 1 unspecified atom stereocenters. The lowest BCUT2D eigenvalue weighted by molar-refractivity contribution is -0.127. The van der Waals surface area contributed by atoms with Gasteiger partial charge < -0.3 is 15.0 Å². The highest BCUT2D eigenvalue weighted by atomic mass is 16.3. The zero-order chi connectivity index (χ0) is 15.1. The number of aromatic nitrogens is 2. The van der Waals surface area contributed by atoms with Crippen molar-refractivity contribution in [3.8, 4) is 0 Å². The fourth-order valence-corrected chi connectivity index (χ4v) is 3.59. The number of carbonyl (C=O) groups excluding carboxylic acids is 1. The van der Waals surface area contributed by atoms with E-state index in [2.05, 4.69) is 14.9 Å². The SMILES string of the molecule is O=C(N[C@H]1c2ccccc2C[C@H]1O)C1CCn2ccnc2C1. The van der Waals surface area contributed by atoms with Crippen LogP contribution in [0.2, 0.25) is 0 Å². The Bertz CT molecular complexity index is 709. The van der Waals surface area contributed by atoms with Crippen molar-refractivity contribution in [3.63, 3.8) is 0 Å². The van der Waals surface area contributed by atoms with Crippen molar-refractivity contribution in [2.45, 2.75) is 38.0 Å². The van der Waals surface area contributed by atoms with Crippen molar-refractivity contribution < 1.29 is 9.90 Å². The number of hydrogen-bond donors (Lipinski definition) is 2. The highest BCUT2D eigenvalue weighted by Gasteiger charge is 2.34. The standard InChI is InChI=1S/C17H19N3O2/c21-14-9-11-3-1-2-4-13(11)16(14)19-17(22)12-5-7-20-8-6-18-15(20)10-12/h1-4,6,8,12,14,16,21H,5,7,9-10H2,(H,19,22)/t12?,14-,16+/m1/s1. The first-order valence-corrected chi connectivity index (χ1v) is 7.78. The first-order chi connectivity index (χ1) is 10.7. The van der Waals surface area contributed by atoms with Gasteiger partial charge in [-0.15, -0.1) is 0 Å². The normalized spacial score (nSPS) is 26.3. The van der Waals surface area contributed by atoms with Crippen LogP contribution in [0.15, 0.2) is 36.7 Å². The Labute approximate surface area is 129 Å². The number of aryl methyl sites for hydroxylation is 1. The number of amides is 1. The summed E-state index contributed by atoms with van der Waals surface area (Å²) in [7, 11) is 0. The number of benzene rings is 1. The molecule has 2 aromatic rings. The Balaban J connectivity index is 1.49. The molecule has 0 radical (unpaired) electrons. The molecule has 2 aliphatic rings. The number of carbonyl (C=O) groups is 1. The fourth-order valence-electron chi connectivity index (χ4n) is 3.59. The van der Waals surface area contributed by atoms with Gasteiger partial charge in [-0.05, 0) is 17.5 Å². The Kier molecular flexibility index (Phi) is 3.22. The van der Waals surface area contributed by atoms with Crippen LogP contribution in [0, 0.1) is 5.92 Å². The van der Waals surface area contributed by atoms with Crippen molar-refractivity contribution >= 4 is 5.91 Å². The molecular formula is C17H19N3O2. The third kappa shape index (κ3) is 2.22. The fraction of sp³-hybridized carbons (Fsp3) is 0.412. The molecule has 0 fully saturated rings. The molecule has 1 aliphatic carbocycles. The van der Waals surface area contributed by atoms with Crippen LogP contribution in [0.25, 0.3) is 0 Å². The first kappa shape index (κ1) is 13.5. The van der Waals surface area contributed by atoms with Crippen LogP contribution in [0.4, 0.5) is 0 Å². The molecule has 114 valence electrons. The van der Waals surface area contributed by atoms with Gasteiger partial charge in [0.05, 0.1) is 12.1 Å². The minimum absolute atomic E-state index is 0.0232. The van der Waals surface area contributed by atoms with Gasteiger partial charge in [0.1, 0.15) is 5.82 Å². The van der Waals surface area contributed by atoms with E-state index in [4.69, 9.17) is 0 Å². The molecule has 1 amide bonds. The molecule has 1 aromatic carbocycles.